The Balaban J connectivity index is 0.00000225. The monoisotopic (exact) mass is 365 g/mol. The fraction of sp³-hybridized carbons (Fsp3) is 0.579. The first-order valence-electron chi connectivity index (χ1n) is 9.01. The van der Waals surface area contributed by atoms with Gasteiger partial charge in [-0.05, 0) is 63.7 Å². The summed E-state index contributed by atoms with van der Waals surface area (Å²) in [6, 6.07) is 7.33. The summed E-state index contributed by atoms with van der Waals surface area (Å²) in [7, 11) is 0. The molecule has 5 nitrogen and oxygen atoms in total. The number of benzene rings is 1. The van der Waals surface area contributed by atoms with Crippen molar-refractivity contribution in [3.8, 4) is 0 Å². The molecule has 1 saturated carbocycles. The minimum atomic E-state index is -0.0247. The van der Waals surface area contributed by atoms with E-state index in [1.165, 1.54) is 0 Å². The van der Waals surface area contributed by atoms with E-state index >= 15 is 0 Å². The zero-order valence-corrected chi connectivity index (χ0v) is 15.8. The minimum Gasteiger partial charge on any atom is -0.339 e. The van der Waals surface area contributed by atoms with Gasteiger partial charge in [-0.15, -0.1) is 12.4 Å². The molecule has 1 aromatic carbocycles. The van der Waals surface area contributed by atoms with Crippen LogP contribution in [0.5, 0.6) is 0 Å². The summed E-state index contributed by atoms with van der Waals surface area (Å²) in [5.74, 6) is 0.135. The van der Waals surface area contributed by atoms with Crippen molar-refractivity contribution in [1.82, 2.24) is 10.2 Å². The Morgan fingerprint density at radius 3 is 2.48 bits per heavy atom. The van der Waals surface area contributed by atoms with Crippen LogP contribution in [0.2, 0.25) is 0 Å². The lowest BCUT2D eigenvalue weighted by Crippen LogP contribution is -2.33. The number of para-hydroxylation sites is 1. The minimum absolute atomic E-state index is 0. The fourth-order valence-electron chi connectivity index (χ4n) is 3.88. The van der Waals surface area contributed by atoms with Gasteiger partial charge in [0.05, 0.1) is 11.3 Å². The lowest BCUT2D eigenvalue weighted by atomic mass is 9.91. The lowest BCUT2D eigenvalue weighted by molar-refractivity contribution is -0.118. The van der Waals surface area contributed by atoms with Gasteiger partial charge in [-0.25, -0.2) is 0 Å². The molecule has 25 heavy (non-hydrogen) atoms. The molecule has 1 saturated heterocycles. The molecular weight excluding hydrogens is 338 g/mol. The summed E-state index contributed by atoms with van der Waals surface area (Å²) in [5, 5.41) is 6.38. The van der Waals surface area contributed by atoms with E-state index in [9.17, 15) is 9.59 Å². The molecule has 2 fully saturated rings. The van der Waals surface area contributed by atoms with Crippen LogP contribution in [-0.2, 0) is 4.79 Å². The molecule has 1 unspecified atom stereocenters. The predicted molar refractivity (Wildman–Crippen MR) is 102 cm³/mol. The highest BCUT2D eigenvalue weighted by atomic mass is 35.5. The van der Waals surface area contributed by atoms with Crippen molar-refractivity contribution in [3.63, 3.8) is 0 Å². The number of halogens is 1. The van der Waals surface area contributed by atoms with Crippen molar-refractivity contribution in [2.75, 3.05) is 31.5 Å². The van der Waals surface area contributed by atoms with Crippen LogP contribution >= 0.6 is 12.4 Å². The number of rotatable bonds is 5. The zero-order valence-electron chi connectivity index (χ0n) is 15.0. The fourth-order valence-corrected chi connectivity index (χ4v) is 3.88. The summed E-state index contributed by atoms with van der Waals surface area (Å²) in [6.07, 6.45) is 3.13. The van der Waals surface area contributed by atoms with Gasteiger partial charge in [0.1, 0.15) is 0 Å². The first kappa shape index (κ1) is 19.7. The van der Waals surface area contributed by atoms with Gasteiger partial charge in [0.25, 0.3) is 5.91 Å². The van der Waals surface area contributed by atoms with E-state index in [4.69, 9.17) is 0 Å². The highest BCUT2D eigenvalue weighted by Gasteiger charge is 2.57. The Hall–Kier alpha value is -1.59. The number of carbonyl (C=O) groups excluding carboxylic acids is 2. The van der Waals surface area contributed by atoms with E-state index in [-0.39, 0.29) is 35.6 Å². The van der Waals surface area contributed by atoms with Crippen LogP contribution in [0.15, 0.2) is 24.3 Å². The van der Waals surface area contributed by atoms with Crippen LogP contribution in [0, 0.1) is 11.3 Å². The largest absolute Gasteiger partial charge is 0.339 e. The van der Waals surface area contributed by atoms with Gasteiger partial charge in [-0.3, -0.25) is 9.59 Å². The van der Waals surface area contributed by atoms with Gasteiger partial charge in [-0.2, -0.15) is 0 Å². The van der Waals surface area contributed by atoms with Crippen molar-refractivity contribution in [2.24, 2.45) is 11.3 Å². The van der Waals surface area contributed by atoms with E-state index in [1.54, 1.807) is 11.0 Å². The smallest absolute Gasteiger partial charge is 0.255 e. The van der Waals surface area contributed by atoms with Gasteiger partial charge in [-0.1, -0.05) is 12.1 Å². The molecule has 2 aliphatic rings. The van der Waals surface area contributed by atoms with Crippen LogP contribution in [-0.4, -0.2) is 42.9 Å². The summed E-state index contributed by atoms with van der Waals surface area (Å²) >= 11 is 0. The second kappa shape index (κ2) is 8.19. The first-order chi connectivity index (χ1) is 11.6. The maximum atomic E-state index is 12.7. The third-order valence-electron chi connectivity index (χ3n) is 5.57. The van der Waals surface area contributed by atoms with Gasteiger partial charge in [0.15, 0.2) is 0 Å². The van der Waals surface area contributed by atoms with Crippen LogP contribution in [0.25, 0.3) is 0 Å². The lowest BCUT2D eigenvalue weighted by Gasteiger charge is -2.23. The van der Waals surface area contributed by atoms with Gasteiger partial charge < -0.3 is 15.5 Å². The number of nitrogens with one attached hydrogen (secondary N) is 2. The summed E-state index contributed by atoms with van der Waals surface area (Å²) < 4.78 is 0. The number of carbonyl (C=O) groups is 2. The highest BCUT2D eigenvalue weighted by molar-refractivity contribution is 6.04. The molecule has 1 aliphatic heterocycles. The SMILES string of the molecule is CCN(CC)C(=O)c1ccccc1NC(=O)C1CC12CCNCC2.Cl. The van der Waals surface area contributed by atoms with Crippen LogP contribution < -0.4 is 10.6 Å². The maximum Gasteiger partial charge on any atom is 0.255 e. The first-order valence-corrected chi connectivity index (χ1v) is 9.01. The molecular formula is C19H28ClN3O2. The third kappa shape index (κ3) is 3.98. The third-order valence-corrected chi connectivity index (χ3v) is 5.57. The molecule has 1 spiro atoms. The van der Waals surface area contributed by atoms with Crippen molar-refractivity contribution >= 4 is 29.9 Å². The molecule has 6 heteroatoms. The van der Waals surface area contributed by atoms with Crippen LogP contribution in [0.1, 0.15) is 43.5 Å². The normalized spacial score (nSPS) is 20.5. The summed E-state index contributed by atoms with van der Waals surface area (Å²) in [5.41, 5.74) is 1.41. The molecule has 2 N–H and O–H groups in total. The molecule has 3 rings (SSSR count). The van der Waals surface area contributed by atoms with E-state index in [2.05, 4.69) is 10.6 Å². The average molecular weight is 366 g/mol. The molecule has 1 aromatic rings. The van der Waals surface area contributed by atoms with Gasteiger partial charge >= 0.3 is 0 Å². The Bertz CT molecular complexity index is 625. The zero-order chi connectivity index (χ0) is 17.2. The summed E-state index contributed by atoms with van der Waals surface area (Å²) in [4.78, 5) is 27.1. The number of amides is 2. The Morgan fingerprint density at radius 1 is 1.20 bits per heavy atom. The maximum absolute atomic E-state index is 12.7. The molecule has 2 amide bonds. The Labute approximate surface area is 155 Å². The molecule has 0 radical (unpaired) electrons. The van der Waals surface area contributed by atoms with E-state index in [0.29, 0.717) is 24.3 Å². The van der Waals surface area contributed by atoms with Crippen molar-refractivity contribution in [2.45, 2.75) is 33.1 Å². The molecule has 1 atom stereocenters. The van der Waals surface area contributed by atoms with Crippen LogP contribution in [0.3, 0.4) is 0 Å². The number of piperidine rings is 1. The standard InChI is InChI=1S/C19H27N3O2.ClH/c1-3-22(4-2)18(24)14-7-5-6-8-16(14)21-17(23)15-13-19(15)9-11-20-12-10-19;/h5-8,15,20H,3-4,9-13H2,1-2H3,(H,21,23);1H. The summed E-state index contributed by atoms with van der Waals surface area (Å²) in [6.45, 7) is 7.26. The van der Waals surface area contributed by atoms with Crippen molar-refractivity contribution in [3.05, 3.63) is 29.8 Å². The molecule has 1 heterocycles. The van der Waals surface area contributed by atoms with E-state index in [1.807, 2.05) is 32.0 Å². The highest BCUT2D eigenvalue weighted by Crippen LogP contribution is 2.58. The Kier molecular flexibility index (Phi) is 6.47. The molecule has 0 bridgehead atoms. The quantitative estimate of drug-likeness (QED) is 0.843. The number of anilines is 1. The van der Waals surface area contributed by atoms with E-state index < -0.39 is 0 Å². The van der Waals surface area contributed by atoms with Crippen molar-refractivity contribution in [1.29, 1.82) is 0 Å². The van der Waals surface area contributed by atoms with Gasteiger partial charge in [0.2, 0.25) is 5.91 Å². The number of hydrogen-bond donors (Lipinski definition) is 2. The predicted octanol–water partition coefficient (Wildman–Crippen LogP) is 2.92. The number of nitrogens with zero attached hydrogens (tertiary/aromatic N) is 1. The average Bonchev–Trinajstić information content (AvgIpc) is 3.30. The second-order valence-electron chi connectivity index (χ2n) is 6.88. The van der Waals surface area contributed by atoms with Gasteiger partial charge in [0, 0.05) is 19.0 Å². The molecule has 1 aliphatic carbocycles. The molecule has 138 valence electrons. The van der Waals surface area contributed by atoms with Crippen molar-refractivity contribution < 1.29 is 9.59 Å². The number of hydrogen-bond acceptors (Lipinski definition) is 3. The van der Waals surface area contributed by atoms with Crippen LogP contribution in [0.4, 0.5) is 5.69 Å². The van der Waals surface area contributed by atoms with E-state index in [0.717, 1.165) is 32.4 Å². The Morgan fingerprint density at radius 2 is 1.84 bits per heavy atom. The topological polar surface area (TPSA) is 61.4 Å². The second-order valence-corrected chi connectivity index (χ2v) is 6.88. The molecule has 0 aromatic heterocycles.